The van der Waals surface area contributed by atoms with Gasteiger partial charge in [0.15, 0.2) is 0 Å². The highest BCUT2D eigenvalue weighted by Crippen LogP contribution is 2.13. The summed E-state index contributed by atoms with van der Waals surface area (Å²) in [5.74, 6) is -0.174. The third kappa shape index (κ3) is 3.77. The number of aliphatic imine (C=N–C) groups is 1. The third-order valence-electron chi connectivity index (χ3n) is 3.23. The number of hydrogen-bond donors (Lipinski definition) is 2. The number of hydrogen-bond acceptors (Lipinski definition) is 4. The van der Waals surface area contributed by atoms with Crippen LogP contribution in [0.25, 0.3) is 0 Å². The zero-order valence-corrected chi connectivity index (χ0v) is 12.0. The Kier molecular flexibility index (Phi) is 5.23. The minimum atomic E-state index is -0.174. The molecule has 1 aromatic rings. The molecule has 0 amide bonds. The van der Waals surface area contributed by atoms with Gasteiger partial charge in [0.05, 0.1) is 6.04 Å². The lowest BCUT2D eigenvalue weighted by Gasteiger charge is -2.20. The van der Waals surface area contributed by atoms with Crippen molar-refractivity contribution in [1.82, 2.24) is 10.6 Å². The Bertz CT molecular complexity index is 600. The van der Waals surface area contributed by atoms with Crippen molar-refractivity contribution in [3.8, 4) is 0 Å². The predicted molar refractivity (Wildman–Crippen MR) is 86.0 cm³/mol. The number of nitrogens with zero attached hydrogens (tertiary/aromatic N) is 1. The maximum absolute atomic E-state index is 11.9. The molecule has 0 fully saturated rings. The van der Waals surface area contributed by atoms with Gasteiger partial charge in [0, 0.05) is 24.5 Å². The van der Waals surface area contributed by atoms with E-state index in [-0.39, 0.29) is 11.8 Å². The second-order valence-corrected chi connectivity index (χ2v) is 4.62. The van der Waals surface area contributed by atoms with Crippen molar-refractivity contribution in [2.75, 3.05) is 7.05 Å². The molecule has 0 saturated heterocycles. The topological polar surface area (TPSA) is 53.5 Å². The van der Waals surface area contributed by atoms with E-state index < -0.39 is 0 Å². The van der Waals surface area contributed by atoms with Gasteiger partial charge in [-0.1, -0.05) is 36.9 Å². The highest BCUT2D eigenvalue weighted by molar-refractivity contribution is 6.50. The first kappa shape index (κ1) is 14.9. The van der Waals surface area contributed by atoms with E-state index in [1.54, 1.807) is 6.20 Å². The highest BCUT2D eigenvalue weighted by Gasteiger charge is 2.22. The fourth-order valence-corrected chi connectivity index (χ4v) is 2.12. The number of nitrogens with one attached hydrogen (secondary N) is 2. The number of carbonyl (C=O) groups excluding carboxylic acids is 1. The summed E-state index contributed by atoms with van der Waals surface area (Å²) in [4.78, 5) is 16.1. The zero-order valence-electron chi connectivity index (χ0n) is 12.0. The molecule has 1 atom stereocenters. The van der Waals surface area contributed by atoms with Crippen molar-refractivity contribution in [3.63, 3.8) is 0 Å². The number of benzene rings is 1. The van der Waals surface area contributed by atoms with E-state index in [4.69, 9.17) is 0 Å². The van der Waals surface area contributed by atoms with Gasteiger partial charge in [0.25, 0.3) is 0 Å². The van der Waals surface area contributed by atoms with Crippen LogP contribution in [0.5, 0.6) is 0 Å². The largest absolute Gasteiger partial charge is 0.386 e. The molecule has 1 unspecified atom stereocenters. The molecule has 21 heavy (non-hydrogen) atoms. The zero-order chi connectivity index (χ0) is 15.1. The van der Waals surface area contributed by atoms with Crippen LogP contribution in [-0.4, -0.2) is 24.6 Å². The summed E-state index contributed by atoms with van der Waals surface area (Å²) in [5, 5.41) is 6.39. The van der Waals surface area contributed by atoms with Gasteiger partial charge in [-0.05, 0) is 24.8 Å². The predicted octanol–water partition coefficient (Wildman–Crippen LogP) is 1.97. The molecule has 0 saturated carbocycles. The average Bonchev–Trinajstić information content (AvgIpc) is 2.55. The van der Waals surface area contributed by atoms with E-state index in [0.717, 1.165) is 5.57 Å². The summed E-state index contributed by atoms with van der Waals surface area (Å²) in [6, 6.07) is 10.0. The van der Waals surface area contributed by atoms with Crippen LogP contribution < -0.4 is 10.6 Å². The van der Waals surface area contributed by atoms with Gasteiger partial charge in [0.2, 0.25) is 5.78 Å². The minimum absolute atomic E-state index is 0.0373. The van der Waals surface area contributed by atoms with Crippen molar-refractivity contribution in [3.05, 3.63) is 72.6 Å². The standard InChI is InChI=1S/C17H19N3O/c1-3-16(21)17-14(15(18-2)9-10-20-17)12-19-11-13-7-5-4-6-8-13/h3-10,12,15,18-19H,1,11H2,2H3/b14-12+. The van der Waals surface area contributed by atoms with Crippen LogP contribution in [0.4, 0.5) is 0 Å². The molecule has 1 aliphatic heterocycles. The average molecular weight is 281 g/mol. The number of ketones is 1. The van der Waals surface area contributed by atoms with Gasteiger partial charge >= 0.3 is 0 Å². The lowest BCUT2D eigenvalue weighted by atomic mass is 9.97. The third-order valence-corrected chi connectivity index (χ3v) is 3.23. The molecule has 4 heteroatoms. The lowest BCUT2D eigenvalue weighted by molar-refractivity contribution is -0.108. The van der Waals surface area contributed by atoms with E-state index >= 15 is 0 Å². The smallest absolute Gasteiger partial charge is 0.203 e. The summed E-state index contributed by atoms with van der Waals surface area (Å²) in [6.07, 6.45) is 6.69. The molecule has 2 rings (SSSR count). The highest BCUT2D eigenvalue weighted by atomic mass is 16.1. The molecule has 0 radical (unpaired) electrons. The van der Waals surface area contributed by atoms with Crippen molar-refractivity contribution < 1.29 is 4.79 Å². The summed E-state index contributed by atoms with van der Waals surface area (Å²) in [5.41, 5.74) is 2.42. The SMILES string of the molecule is C=CC(=O)C1=NC=CC(NC)/C1=C\NCc1ccccc1. The number of allylic oxidation sites excluding steroid dienone is 1. The van der Waals surface area contributed by atoms with Crippen LogP contribution >= 0.6 is 0 Å². The van der Waals surface area contributed by atoms with Crippen LogP contribution in [-0.2, 0) is 11.3 Å². The monoisotopic (exact) mass is 281 g/mol. The summed E-state index contributed by atoms with van der Waals surface area (Å²) in [6.45, 7) is 4.22. The van der Waals surface area contributed by atoms with Crippen LogP contribution in [0.3, 0.4) is 0 Å². The van der Waals surface area contributed by atoms with E-state index in [9.17, 15) is 4.79 Å². The second kappa shape index (κ2) is 7.36. The fraction of sp³-hybridized carbons (Fsp3) is 0.176. The maximum atomic E-state index is 11.9. The van der Waals surface area contributed by atoms with Gasteiger partial charge in [-0.15, -0.1) is 0 Å². The molecule has 0 bridgehead atoms. The first-order valence-electron chi connectivity index (χ1n) is 6.82. The second-order valence-electron chi connectivity index (χ2n) is 4.62. The molecule has 4 nitrogen and oxygen atoms in total. The van der Waals surface area contributed by atoms with Crippen LogP contribution in [0, 0.1) is 0 Å². The summed E-state index contributed by atoms with van der Waals surface area (Å²) in [7, 11) is 1.85. The van der Waals surface area contributed by atoms with Crippen molar-refractivity contribution >= 4 is 11.5 Å². The molecule has 1 aromatic carbocycles. The quantitative estimate of drug-likeness (QED) is 0.784. The molecule has 108 valence electrons. The summed E-state index contributed by atoms with van der Waals surface area (Å²) < 4.78 is 0. The first-order valence-corrected chi connectivity index (χ1v) is 6.82. The van der Waals surface area contributed by atoms with Gasteiger partial charge in [-0.25, -0.2) is 0 Å². The number of rotatable bonds is 6. The maximum Gasteiger partial charge on any atom is 0.203 e. The van der Waals surface area contributed by atoms with E-state index in [2.05, 4.69) is 22.2 Å². The van der Waals surface area contributed by atoms with Crippen LogP contribution in [0.1, 0.15) is 5.56 Å². The Hall–Kier alpha value is -2.46. The number of likely N-dealkylation sites (N-methyl/N-ethyl adjacent to an activating group) is 1. The molecule has 1 heterocycles. The molecule has 1 aliphatic rings. The Labute approximate surface area is 125 Å². The molecule has 0 aromatic heterocycles. The fourth-order valence-electron chi connectivity index (χ4n) is 2.12. The normalized spacial score (nSPS) is 19.2. The van der Waals surface area contributed by atoms with E-state index in [1.807, 2.05) is 49.7 Å². The Balaban J connectivity index is 2.14. The molecular weight excluding hydrogens is 262 g/mol. The van der Waals surface area contributed by atoms with Gasteiger partial charge in [0.1, 0.15) is 5.71 Å². The molecule has 2 N–H and O–H groups in total. The van der Waals surface area contributed by atoms with Crippen molar-refractivity contribution in [2.45, 2.75) is 12.6 Å². The Morgan fingerprint density at radius 2 is 2.14 bits per heavy atom. The molecule has 0 spiro atoms. The van der Waals surface area contributed by atoms with Crippen molar-refractivity contribution in [1.29, 1.82) is 0 Å². The Morgan fingerprint density at radius 1 is 1.38 bits per heavy atom. The van der Waals surface area contributed by atoms with Crippen molar-refractivity contribution in [2.24, 2.45) is 4.99 Å². The molecule has 0 aliphatic carbocycles. The van der Waals surface area contributed by atoms with E-state index in [1.165, 1.54) is 11.6 Å². The number of carbonyl (C=O) groups is 1. The first-order chi connectivity index (χ1) is 10.3. The lowest BCUT2D eigenvalue weighted by Crippen LogP contribution is -2.34. The Morgan fingerprint density at radius 3 is 2.81 bits per heavy atom. The van der Waals surface area contributed by atoms with Crippen LogP contribution in [0.15, 0.2) is 72.0 Å². The van der Waals surface area contributed by atoms with Gasteiger partial charge in [-0.2, -0.15) is 0 Å². The van der Waals surface area contributed by atoms with Crippen LogP contribution in [0.2, 0.25) is 0 Å². The summed E-state index contributed by atoms with van der Waals surface area (Å²) >= 11 is 0. The van der Waals surface area contributed by atoms with Gasteiger partial charge in [-0.3, -0.25) is 9.79 Å². The minimum Gasteiger partial charge on any atom is -0.386 e. The molecular formula is C17H19N3O. The van der Waals surface area contributed by atoms with E-state index in [0.29, 0.717) is 12.3 Å². The van der Waals surface area contributed by atoms with Gasteiger partial charge < -0.3 is 10.6 Å².